The van der Waals surface area contributed by atoms with E-state index < -0.39 is 0 Å². The zero-order valence-electron chi connectivity index (χ0n) is 10.5. The zero-order chi connectivity index (χ0) is 13.1. The van der Waals surface area contributed by atoms with Crippen molar-refractivity contribution in [3.05, 3.63) is 39.8 Å². The topological polar surface area (TPSA) is 50.9 Å². The Kier molecular flexibility index (Phi) is 4.14. The highest BCUT2D eigenvalue weighted by molar-refractivity contribution is 9.10. The summed E-state index contributed by atoms with van der Waals surface area (Å²) in [7, 11) is 0. The summed E-state index contributed by atoms with van der Waals surface area (Å²) >= 11 is 3.36. The Labute approximate surface area is 115 Å². The molecule has 0 aliphatic heterocycles. The third-order valence-corrected chi connectivity index (χ3v) is 3.27. The third kappa shape index (κ3) is 2.47. The van der Waals surface area contributed by atoms with Crippen LogP contribution in [0.25, 0.3) is 5.82 Å². The SMILES string of the molecule is CCc1cc(CC)n(-c2ncc(Br)cc2CO)n1. The number of hydrogen-bond acceptors (Lipinski definition) is 3. The van der Waals surface area contributed by atoms with E-state index in [1.807, 2.05) is 10.7 Å². The normalized spacial score (nSPS) is 10.9. The molecular formula is C13H16BrN3O. The van der Waals surface area contributed by atoms with Gasteiger partial charge in [-0.3, -0.25) is 0 Å². The Morgan fingerprint density at radius 3 is 2.67 bits per heavy atom. The van der Waals surface area contributed by atoms with Gasteiger partial charge in [0.1, 0.15) is 0 Å². The number of aryl methyl sites for hydroxylation is 2. The van der Waals surface area contributed by atoms with Crippen molar-refractivity contribution in [2.24, 2.45) is 0 Å². The number of pyridine rings is 1. The van der Waals surface area contributed by atoms with E-state index in [-0.39, 0.29) is 6.61 Å². The predicted octanol–water partition coefficient (Wildman–Crippen LogP) is 2.65. The summed E-state index contributed by atoms with van der Waals surface area (Å²) in [5, 5.41) is 14.0. The lowest BCUT2D eigenvalue weighted by molar-refractivity contribution is 0.280. The first-order valence-electron chi connectivity index (χ1n) is 6.03. The van der Waals surface area contributed by atoms with E-state index in [4.69, 9.17) is 0 Å². The van der Waals surface area contributed by atoms with Crippen molar-refractivity contribution in [3.63, 3.8) is 0 Å². The lowest BCUT2D eigenvalue weighted by Gasteiger charge is -2.09. The molecule has 0 unspecified atom stereocenters. The van der Waals surface area contributed by atoms with Crippen molar-refractivity contribution in [1.29, 1.82) is 0 Å². The van der Waals surface area contributed by atoms with Crippen LogP contribution >= 0.6 is 15.9 Å². The minimum Gasteiger partial charge on any atom is -0.392 e. The number of aromatic nitrogens is 3. The summed E-state index contributed by atoms with van der Waals surface area (Å²) in [6.45, 7) is 4.12. The van der Waals surface area contributed by atoms with Gasteiger partial charge in [0.25, 0.3) is 0 Å². The van der Waals surface area contributed by atoms with Gasteiger partial charge >= 0.3 is 0 Å². The Balaban J connectivity index is 2.56. The van der Waals surface area contributed by atoms with Crippen molar-refractivity contribution in [2.75, 3.05) is 0 Å². The van der Waals surface area contributed by atoms with Crippen molar-refractivity contribution in [1.82, 2.24) is 14.8 Å². The molecule has 0 aromatic carbocycles. The Hall–Kier alpha value is -1.20. The largest absolute Gasteiger partial charge is 0.392 e. The molecule has 0 saturated carbocycles. The Morgan fingerprint density at radius 1 is 1.28 bits per heavy atom. The van der Waals surface area contributed by atoms with Gasteiger partial charge in [-0.15, -0.1) is 0 Å². The second kappa shape index (κ2) is 5.63. The van der Waals surface area contributed by atoms with Crippen molar-refractivity contribution < 1.29 is 5.11 Å². The number of aliphatic hydroxyl groups is 1. The first-order valence-corrected chi connectivity index (χ1v) is 6.82. The van der Waals surface area contributed by atoms with Crippen molar-refractivity contribution in [3.8, 4) is 5.82 Å². The fraction of sp³-hybridized carbons (Fsp3) is 0.385. The molecule has 0 bridgehead atoms. The Morgan fingerprint density at radius 2 is 2.06 bits per heavy atom. The monoisotopic (exact) mass is 309 g/mol. The molecule has 5 heteroatoms. The van der Waals surface area contributed by atoms with E-state index in [0.717, 1.165) is 34.3 Å². The van der Waals surface area contributed by atoms with Gasteiger partial charge < -0.3 is 5.11 Å². The molecule has 0 aliphatic rings. The summed E-state index contributed by atoms with van der Waals surface area (Å²) in [5.41, 5.74) is 2.92. The number of hydrogen-bond donors (Lipinski definition) is 1. The second-order valence-electron chi connectivity index (χ2n) is 4.04. The van der Waals surface area contributed by atoms with E-state index in [2.05, 4.69) is 45.9 Å². The van der Waals surface area contributed by atoms with Gasteiger partial charge in [0, 0.05) is 21.9 Å². The molecule has 0 fully saturated rings. The molecule has 0 radical (unpaired) electrons. The first-order chi connectivity index (χ1) is 8.69. The quantitative estimate of drug-likeness (QED) is 0.944. The average Bonchev–Trinajstić information content (AvgIpc) is 2.81. The molecule has 0 spiro atoms. The van der Waals surface area contributed by atoms with Crippen LogP contribution < -0.4 is 0 Å². The minimum absolute atomic E-state index is 0.0494. The van der Waals surface area contributed by atoms with Gasteiger partial charge in [0.2, 0.25) is 0 Å². The predicted molar refractivity (Wildman–Crippen MR) is 73.7 cm³/mol. The molecule has 2 heterocycles. The maximum absolute atomic E-state index is 9.43. The standard InChI is InChI=1S/C13H16BrN3O/c1-3-11-6-12(4-2)17(16-11)13-9(8-18)5-10(14)7-15-13/h5-7,18H,3-4,8H2,1-2H3. The van der Waals surface area contributed by atoms with Crippen LogP contribution in [0.5, 0.6) is 0 Å². The number of aliphatic hydroxyl groups excluding tert-OH is 1. The highest BCUT2D eigenvalue weighted by Gasteiger charge is 2.12. The fourth-order valence-corrected chi connectivity index (χ4v) is 2.24. The smallest absolute Gasteiger partial charge is 0.159 e. The van der Waals surface area contributed by atoms with Crippen LogP contribution in [0.3, 0.4) is 0 Å². The van der Waals surface area contributed by atoms with Crippen LogP contribution in [0.4, 0.5) is 0 Å². The van der Waals surface area contributed by atoms with Crippen LogP contribution in [-0.4, -0.2) is 19.9 Å². The van der Waals surface area contributed by atoms with Crippen molar-refractivity contribution >= 4 is 15.9 Å². The molecule has 96 valence electrons. The van der Waals surface area contributed by atoms with Crippen molar-refractivity contribution in [2.45, 2.75) is 33.3 Å². The van der Waals surface area contributed by atoms with Crippen LogP contribution in [-0.2, 0) is 19.4 Å². The molecule has 1 N–H and O–H groups in total. The maximum atomic E-state index is 9.43. The van der Waals surface area contributed by atoms with Gasteiger partial charge in [0.05, 0.1) is 12.3 Å². The molecule has 0 aliphatic carbocycles. The van der Waals surface area contributed by atoms with Gasteiger partial charge in [-0.2, -0.15) is 5.10 Å². The summed E-state index contributed by atoms with van der Waals surface area (Å²) in [4.78, 5) is 4.37. The lowest BCUT2D eigenvalue weighted by Crippen LogP contribution is -2.08. The van der Waals surface area contributed by atoms with Crippen LogP contribution in [0.15, 0.2) is 22.8 Å². The van der Waals surface area contributed by atoms with Gasteiger partial charge in [0.15, 0.2) is 5.82 Å². The molecule has 2 aromatic heterocycles. The lowest BCUT2D eigenvalue weighted by atomic mass is 10.2. The fourth-order valence-electron chi connectivity index (χ4n) is 1.86. The molecule has 0 atom stereocenters. The second-order valence-corrected chi connectivity index (χ2v) is 4.96. The zero-order valence-corrected chi connectivity index (χ0v) is 12.1. The molecule has 0 saturated heterocycles. The minimum atomic E-state index is -0.0494. The third-order valence-electron chi connectivity index (χ3n) is 2.84. The van der Waals surface area contributed by atoms with E-state index in [1.165, 1.54) is 0 Å². The molecule has 18 heavy (non-hydrogen) atoms. The molecule has 0 amide bonds. The molecular weight excluding hydrogens is 294 g/mol. The maximum Gasteiger partial charge on any atom is 0.159 e. The number of halogens is 1. The Bertz CT molecular complexity index is 551. The van der Waals surface area contributed by atoms with Crippen LogP contribution in [0.2, 0.25) is 0 Å². The summed E-state index contributed by atoms with van der Waals surface area (Å²) in [6.07, 6.45) is 3.50. The summed E-state index contributed by atoms with van der Waals surface area (Å²) < 4.78 is 2.69. The summed E-state index contributed by atoms with van der Waals surface area (Å²) in [6, 6.07) is 3.96. The number of nitrogens with zero attached hydrogens (tertiary/aromatic N) is 3. The highest BCUT2D eigenvalue weighted by Crippen LogP contribution is 2.19. The number of rotatable bonds is 4. The van der Waals surface area contributed by atoms with Gasteiger partial charge in [-0.25, -0.2) is 9.67 Å². The average molecular weight is 310 g/mol. The molecule has 2 rings (SSSR count). The van der Waals surface area contributed by atoms with Gasteiger partial charge in [-0.05, 0) is 40.9 Å². The van der Waals surface area contributed by atoms with E-state index in [0.29, 0.717) is 5.82 Å². The highest BCUT2D eigenvalue weighted by atomic mass is 79.9. The van der Waals surface area contributed by atoms with Crippen LogP contribution in [0, 0.1) is 0 Å². The summed E-state index contributed by atoms with van der Waals surface area (Å²) in [5.74, 6) is 0.706. The van der Waals surface area contributed by atoms with E-state index >= 15 is 0 Å². The first kappa shape index (κ1) is 13.2. The van der Waals surface area contributed by atoms with Gasteiger partial charge in [-0.1, -0.05) is 13.8 Å². The molecule has 2 aromatic rings. The van der Waals surface area contributed by atoms with E-state index in [9.17, 15) is 5.11 Å². The van der Waals surface area contributed by atoms with Crippen LogP contribution in [0.1, 0.15) is 30.8 Å². The molecule has 4 nitrogen and oxygen atoms in total. The van der Waals surface area contributed by atoms with E-state index in [1.54, 1.807) is 6.20 Å².